The van der Waals surface area contributed by atoms with Crippen molar-refractivity contribution >= 4 is 29.4 Å². The quantitative estimate of drug-likeness (QED) is 0.338. The summed E-state index contributed by atoms with van der Waals surface area (Å²) in [6.07, 6.45) is 0. The molecule has 2 amide bonds. The second-order valence-corrected chi connectivity index (χ2v) is 10.6. The number of hydrogen-bond donors (Lipinski definition) is 1. The minimum Gasteiger partial charge on any atom is -0.496 e. The molecule has 1 atom stereocenters. The third-order valence-electron chi connectivity index (χ3n) is 6.38. The van der Waals surface area contributed by atoms with E-state index in [0.29, 0.717) is 22.9 Å². The monoisotopic (exact) mass is 544 g/mol. The first-order chi connectivity index (χ1) is 18.9. The van der Waals surface area contributed by atoms with E-state index in [1.165, 1.54) is 28.8 Å². The second kappa shape index (κ2) is 11.3. The summed E-state index contributed by atoms with van der Waals surface area (Å²) in [6.45, 7) is 3.57. The number of anilines is 1. The number of aromatic nitrogens is 2. The fourth-order valence-electron chi connectivity index (χ4n) is 4.73. The number of benzene rings is 3. The molecule has 0 spiro atoms. The van der Waals surface area contributed by atoms with Crippen molar-refractivity contribution in [2.75, 3.05) is 24.3 Å². The molecule has 1 aromatic heterocycles. The van der Waals surface area contributed by atoms with Crippen molar-refractivity contribution in [3.05, 3.63) is 95.8 Å². The predicted molar refractivity (Wildman–Crippen MR) is 152 cm³/mol. The topological polar surface area (TPSA) is 76.5 Å². The lowest BCUT2D eigenvalue weighted by atomic mass is 9.99. The fourth-order valence-corrected chi connectivity index (χ4v) is 5.95. The summed E-state index contributed by atoms with van der Waals surface area (Å²) in [7, 11) is 1.62. The van der Waals surface area contributed by atoms with Gasteiger partial charge in [0.05, 0.1) is 29.5 Å². The summed E-state index contributed by atoms with van der Waals surface area (Å²) in [4.78, 5) is 28.2. The van der Waals surface area contributed by atoms with Crippen LogP contribution in [0.25, 0.3) is 16.9 Å². The van der Waals surface area contributed by atoms with Crippen molar-refractivity contribution in [2.24, 2.45) is 0 Å². The molecule has 9 heteroatoms. The maximum absolute atomic E-state index is 13.9. The van der Waals surface area contributed by atoms with Crippen LogP contribution in [0.4, 0.5) is 10.2 Å². The van der Waals surface area contributed by atoms with Gasteiger partial charge in [-0.3, -0.25) is 14.5 Å². The van der Waals surface area contributed by atoms with Crippen LogP contribution < -0.4 is 15.0 Å². The van der Waals surface area contributed by atoms with Crippen LogP contribution in [0, 0.1) is 5.82 Å². The van der Waals surface area contributed by atoms with Gasteiger partial charge in [-0.05, 0) is 44.2 Å². The van der Waals surface area contributed by atoms with Crippen molar-refractivity contribution in [1.29, 1.82) is 0 Å². The van der Waals surface area contributed by atoms with Crippen LogP contribution in [0.3, 0.4) is 0 Å². The average molecular weight is 545 g/mol. The number of ether oxygens (including phenoxy) is 1. The largest absolute Gasteiger partial charge is 0.496 e. The Labute approximate surface area is 231 Å². The molecule has 1 N–H and O–H groups in total. The fraction of sp³-hybridized carbons (Fsp3) is 0.233. The normalized spacial score (nSPS) is 15.2. The zero-order valence-electron chi connectivity index (χ0n) is 21.9. The maximum atomic E-state index is 13.9. The zero-order valence-corrected chi connectivity index (χ0v) is 22.7. The number of carbonyl (C=O) groups is 2. The van der Waals surface area contributed by atoms with E-state index < -0.39 is 0 Å². The number of amides is 2. The molecular formula is C30H29FN4O3S. The van der Waals surface area contributed by atoms with Crippen LogP contribution in [0.5, 0.6) is 5.75 Å². The van der Waals surface area contributed by atoms with Gasteiger partial charge < -0.3 is 10.1 Å². The Bertz CT molecular complexity index is 1490. The number of halogens is 1. The number of fused-ring (bicyclic) bond motifs is 1. The number of carbonyl (C=O) groups excluding carboxylic acids is 2. The molecule has 1 aliphatic heterocycles. The molecule has 0 saturated heterocycles. The summed E-state index contributed by atoms with van der Waals surface area (Å²) in [5.41, 5.74) is 3.77. The van der Waals surface area contributed by atoms with Gasteiger partial charge in [-0.1, -0.05) is 48.5 Å². The van der Waals surface area contributed by atoms with Gasteiger partial charge in [0.25, 0.3) is 0 Å². The van der Waals surface area contributed by atoms with Crippen LogP contribution in [0.1, 0.15) is 30.2 Å². The highest BCUT2D eigenvalue weighted by Gasteiger charge is 2.38. The Morgan fingerprint density at radius 3 is 2.46 bits per heavy atom. The molecule has 4 aromatic rings. The Kier molecular flexibility index (Phi) is 7.70. The van der Waals surface area contributed by atoms with Crippen LogP contribution in [0.15, 0.2) is 78.9 Å². The molecular weight excluding hydrogens is 515 g/mol. The van der Waals surface area contributed by atoms with Crippen LogP contribution in [-0.4, -0.2) is 47.0 Å². The minimum absolute atomic E-state index is 0.0864. The molecule has 0 radical (unpaired) electrons. The highest BCUT2D eigenvalue weighted by molar-refractivity contribution is 8.00. The van der Waals surface area contributed by atoms with Crippen LogP contribution in [0.2, 0.25) is 0 Å². The number of para-hydroxylation sites is 1. The van der Waals surface area contributed by atoms with Gasteiger partial charge in [0.1, 0.15) is 23.9 Å². The lowest BCUT2D eigenvalue weighted by Crippen LogP contribution is -2.44. The molecule has 7 nitrogen and oxygen atoms in total. The van der Waals surface area contributed by atoms with E-state index in [-0.39, 0.29) is 41.2 Å². The van der Waals surface area contributed by atoms with Crippen molar-refractivity contribution in [3.63, 3.8) is 0 Å². The van der Waals surface area contributed by atoms with Gasteiger partial charge >= 0.3 is 0 Å². The first kappa shape index (κ1) is 26.5. The minimum atomic E-state index is -0.382. The Hall–Kier alpha value is -4.11. The van der Waals surface area contributed by atoms with Crippen molar-refractivity contribution in [3.8, 4) is 22.7 Å². The van der Waals surface area contributed by atoms with E-state index in [1.54, 1.807) is 23.9 Å². The molecule has 200 valence electrons. The van der Waals surface area contributed by atoms with E-state index in [9.17, 15) is 14.0 Å². The third kappa shape index (κ3) is 5.40. The SMILES string of the molecule is COc1ccccc1[C@H]1SCC(=O)N(CC(=O)NC(C)C)c2c1c(-c1ccccc1)nn2-c1ccc(F)cc1. The summed E-state index contributed by atoms with van der Waals surface area (Å²) >= 11 is 1.47. The molecule has 39 heavy (non-hydrogen) atoms. The Morgan fingerprint density at radius 1 is 1.08 bits per heavy atom. The van der Waals surface area contributed by atoms with Gasteiger partial charge in [0.2, 0.25) is 11.8 Å². The molecule has 3 aromatic carbocycles. The molecule has 0 aliphatic carbocycles. The van der Waals surface area contributed by atoms with Gasteiger partial charge in [-0.15, -0.1) is 11.8 Å². The number of nitrogens with one attached hydrogen (secondary N) is 1. The van der Waals surface area contributed by atoms with Crippen LogP contribution >= 0.6 is 11.8 Å². The van der Waals surface area contributed by atoms with Crippen molar-refractivity contribution in [1.82, 2.24) is 15.1 Å². The van der Waals surface area contributed by atoms with E-state index in [2.05, 4.69) is 5.32 Å². The maximum Gasteiger partial charge on any atom is 0.240 e. The molecule has 1 aliphatic rings. The van der Waals surface area contributed by atoms with E-state index in [0.717, 1.165) is 16.7 Å². The molecule has 0 unspecified atom stereocenters. The zero-order chi connectivity index (χ0) is 27.5. The lowest BCUT2D eigenvalue weighted by Gasteiger charge is -2.24. The predicted octanol–water partition coefficient (Wildman–Crippen LogP) is 5.38. The molecule has 0 fully saturated rings. The summed E-state index contributed by atoms with van der Waals surface area (Å²) in [5.74, 6) is 0.424. The molecule has 2 heterocycles. The summed E-state index contributed by atoms with van der Waals surface area (Å²) in [5, 5.41) is 7.56. The molecule has 5 rings (SSSR count). The number of thioether (sulfide) groups is 1. The Balaban J connectivity index is 1.81. The van der Waals surface area contributed by atoms with Crippen molar-refractivity contribution < 1.29 is 18.7 Å². The van der Waals surface area contributed by atoms with Gasteiger partial charge in [-0.25, -0.2) is 9.07 Å². The standard InChI is InChI=1S/C30H29FN4O3S/c1-19(2)32-25(36)17-34-26(37)18-39-29(23-11-7-8-12-24(23)38-3)27-28(20-9-5-4-6-10-20)33-35(30(27)34)22-15-13-21(31)14-16-22/h4-16,19,29H,17-18H2,1-3H3,(H,32,36)/t29-/m1/s1. The molecule has 0 saturated carbocycles. The highest BCUT2D eigenvalue weighted by atomic mass is 32.2. The first-order valence-corrected chi connectivity index (χ1v) is 13.7. The molecule has 0 bridgehead atoms. The van der Waals surface area contributed by atoms with E-state index in [1.807, 2.05) is 68.4 Å². The van der Waals surface area contributed by atoms with E-state index >= 15 is 0 Å². The van der Waals surface area contributed by atoms with Gasteiger partial charge in [0, 0.05) is 22.7 Å². The highest BCUT2D eigenvalue weighted by Crippen LogP contribution is 2.50. The third-order valence-corrected chi connectivity index (χ3v) is 7.62. The summed E-state index contributed by atoms with van der Waals surface area (Å²) in [6, 6.07) is 23.3. The Morgan fingerprint density at radius 2 is 1.77 bits per heavy atom. The van der Waals surface area contributed by atoms with E-state index in [4.69, 9.17) is 9.84 Å². The van der Waals surface area contributed by atoms with Crippen LogP contribution in [-0.2, 0) is 9.59 Å². The lowest BCUT2D eigenvalue weighted by molar-refractivity contribution is -0.123. The number of nitrogens with zero attached hydrogens (tertiary/aromatic N) is 3. The second-order valence-electron chi connectivity index (χ2n) is 9.48. The number of hydrogen-bond acceptors (Lipinski definition) is 5. The van der Waals surface area contributed by atoms with Gasteiger partial charge in [-0.2, -0.15) is 5.10 Å². The number of rotatable bonds is 7. The summed E-state index contributed by atoms with van der Waals surface area (Å²) < 4.78 is 21.3. The average Bonchev–Trinajstić information content (AvgIpc) is 3.26. The van der Waals surface area contributed by atoms with Crippen molar-refractivity contribution in [2.45, 2.75) is 25.1 Å². The smallest absolute Gasteiger partial charge is 0.240 e. The first-order valence-electron chi connectivity index (χ1n) is 12.7. The van der Waals surface area contributed by atoms with Gasteiger partial charge in [0.15, 0.2) is 0 Å². The number of methoxy groups -OCH3 is 1.